The van der Waals surface area contributed by atoms with Crippen molar-refractivity contribution in [2.75, 3.05) is 19.7 Å². The lowest BCUT2D eigenvalue weighted by Gasteiger charge is -2.34. The number of esters is 1. The molecule has 32 heavy (non-hydrogen) atoms. The Morgan fingerprint density at radius 3 is 2.53 bits per heavy atom. The van der Waals surface area contributed by atoms with Gasteiger partial charge in [0.2, 0.25) is 0 Å². The highest BCUT2D eigenvalue weighted by molar-refractivity contribution is 6.30. The molecule has 1 aliphatic rings. The molecule has 5 nitrogen and oxygen atoms in total. The average molecular weight is 451 g/mol. The molecule has 1 saturated heterocycles. The van der Waals surface area contributed by atoms with E-state index in [2.05, 4.69) is 13.8 Å². The van der Waals surface area contributed by atoms with Crippen LogP contribution < -0.4 is 0 Å². The molecule has 2 atom stereocenters. The van der Waals surface area contributed by atoms with Crippen molar-refractivity contribution in [1.29, 1.82) is 0 Å². The van der Waals surface area contributed by atoms with Crippen LogP contribution in [0.4, 0.5) is 0 Å². The van der Waals surface area contributed by atoms with E-state index in [9.17, 15) is 9.59 Å². The summed E-state index contributed by atoms with van der Waals surface area (Å²) in [6.45, 7) is 7.29. The van der Waals surface area contributed by atoms with Gasteiger partial charge in [-0.25, -0.2) is 9.78 Å². The zero-order valence-corrected chi connectivity index (χ0v) is 19.4. The smallest absolute Gasteiger partial charge is 0.339 e. The lowest BCUT2D eigenvalue weighted by Crippen LogP contribution is -2.44. The number of fused-ring (bicyclic) bond motifs is 1. The van der Waals surface area contributed by atoms with Crippen molar-refractivity contribution in [3.05, 3.63) is 64.7 Å². The van der Waals surface area contributed by atoms with Crippen molar-refractivity contribution in [2.45, 2.75) is 27.2 Å². The molecule has 3 aromatic rings. The van der Waals surface area contributed by atoms with Crippen molar-refractivity contribution < 1.29 is 14.3 Å². The van der Waals surface area contributed by atoms with Crippen LogP contribution in [0.5, 0.6) is 0 Å². The fourth-order valence-electron chi connectivity index (χ4n) is 4.64. The monoisotopic (exact) mass is 450 g/mol. The molecule has 0 spiro atoms. The highest BCUT2D eigenvalue weighted by atomic mass is 35.5. The molecular weight excluding hydrogens is 424 g/mol. The predicted molar refractivity (Wildman–Crippen MR) is 127 cm³/mol. The standard InChI is InChI=1S/C26H27ClN2O3/c1-16-11-17(2)14-29(13-16)23(30)15-32-26(31)24-18(3)25(19-7-6-8-20(27)12-19)28-22-10-5-4-9-21(22)24/h4-10,12,16-17H,11,13-15H2,1-3H3. The summed E-state index contributed by atoms with van der Waals surface area (Å²) in [5.41, 5.74) is 3.30. The molecule has 1 aliphatic heterocycles. The summed E-state index contributed by atoms with van der Waals surface area (Å²) in [6.07, 6.45) is 1.11. The molecule has 1 aromatic heterocycles. The molecule has 2 aromatic carbocycles. The Bertz CT molecular complexity index is 1170. The summed E-state index contributed by atoms with van der Waals surface area (Å²) in [5.74, 6) is 0.230. The van der Waals surface area contributed by atoms with Gasteiger partial charge in [-0.2, -0.15) is 0 Å². The molecule has 0 radical (unpaired) electrons. The second-order valence-corrected chi connectivity index (χ2v) is 9.25. The highest BCUT2D eigenvalue weighted by Gasteiger charge is 2.27. The van der Waals surface area contributed by atoms with E-state index in [0.717, 1.165) is 12.0 Å². The first-order chi connectivity index (χ1) is 15.3. The summed E-state index contributed by atoms with van der Waals surface area (Å²) in [4.78, 5) is 32.5. The van der Waals surface area contributed by atoms with Gasteiger partial charge >= 0.3 is 5.97 Å². The van der Waals surface area contributed by atoms with Gasteiger partial charge in [0.15, 0.2) is 6.61 Å². The summed E-state index contributed by atoms with van der Waals surface area (Å²) >= 11 is 6.18. The number of nitrogens with zero attached hydrogens (tertiary/aromatic N) is 2. The van der Waals surface area contributed by atoms with Gasteiger partial charge < -0.3 is 9.64 Å². The summed E-state index contributed by atoms with van der Waals surface area (Å²) in [5, 5.41) is 1.30. The van der Waals surface area contributed by atoms with Crippen molar-refractivity contribution in [3.63, 3.8) is 0 Å². The number of amides is 1. The number of piperidine rings is 1. The maximum Gasteiger partial charge on any atom is 0.339 e. The number of hydrogen-bond donors (Lipinski definition) is 0. The molecule has 1 fully saturated rings. The first-order valence-electron chi connectivity index (χ1n) is 10.9. The number of likely N-dealkylation sites (tertiary alicyclic amines) is 1. The van der Waals surface area contributed by atoms with Gasteiger partial charge in [-0.05, 0) is 48.9 Å². The molecule has 0 bridgehead atoms. The van der Waals surface area contributed by atoms with E-state index in [4.69, 9.17) is 21.3 Å². The van der Waals surface area contributed by atoms with Crippen molar-refractivity contribution in [1.82, 2.24) is 9.88 Å². The molecule has 0 N–H and O–H groups in total. The minimum atomic E-state index is -0.518. The van der Waals surface area contributed by atoms with Gasteiger partial charge in [-0.3, -0.25) is 4.79 Å². The first kappa shape index (κ1) is 22.3. The number of pyridine rings is 1. The van der Waals surface area contributed by atoms with Crippen LogP contribution in [0.1, 0.15) is 36.2 Å². The molecule has 166 valence electrons. The second-order valence-electron chi connectivity index (χ2n) is 8.81. The van der Waals surface area contributed by atoms with Crippen LogP contribution in [0.2, 0.25) is 5.02 Å². The van der Waals surface area contributed by atoms with E-state index in [1.165, 1.54) is 0 Å². The fourth-order valence-corrected chi connectivity index (χ4v) is 4.83. The number of carbonyl (C=O) groups is 2. The number of hydrogen-bond acceptors (Lipinski definition) is 4. The predicted octanol–water partition coefficient (Wildman–Crippen LogP) is 5.52. The number of para-hydroxylation sites is 1. The van der Waals surface area contributed by atoms with E-state index in [1.807, 2.05) is 49.4 Å². The zero-order chi connectivity index (χ0) is 22.8. The zero-order valence-electron chi connectivity index (χ0n) is 18.6. The Morgan fingerprint density at radius 2 is 1.81 bits per heavy atom. The number of benzene rings is 2. The molecule has 0 aliphatic carbocycles. The van der Waals surface area contributed by atoms with Crippen LogP contribution in [-0.4, -0.2) is 41.5 Å². The third-order valence-corrected chi connectivity index (χ3v) is 6.22. The Balaban J connectivity index is 1.63. The molecule has 2 heterocycles. The first-order valence-corrected chi connectivity index (χ1v) is 11.3. The van der Waals surface area contributed by atoms with Crippen LogP contribution in [0.3, 0.4) is 0 Å². The van der Waals surface area contributed by atoms with Crippen molar-refractivity contribution in [3.8, 4) is 11.3 Å². The number of rotatable bonds is 4. The third kappa shape index (κ3) is 4.63. The van der Waals surface area contributed by atoms with Crippen molar-refractivity contribution >= 4 is 34.4 Å². The normalized spacial score (nSPS) is 18.6. The van der Waals surface area contributed by atoms with Gasteiger partial charge in [-0.1, -0.05) is 55.8 Å². The van der Waals surface area contributed by atoms with Gasteiger partial charge in [0.25, 0.3) is 5.91 Å². The molecule has 6 heteroatoms. The molecule has 1 amide bonds. The Morgan fingerprint density at radius 1 is 1.09 bits per heavy atom. The van der Waals surface area contributed by atoms with Gasteiger partial charge in [0.05, 0.1) is 16.8 Å². The minimum absolute atomic E-state index is 0.150. The molecule has 0 saturated carbocycles. The largest absolute Gasteiger partial charge is 0.452 e. The topological polar surface area (TPSA) is 59.5 Å². The van der Waals surface area contributed by atoms with Crippen LogP contribution in [0.25, 0.3) is 22.2 Å². The van der Waals surface area contributed by atoms with Gasteiger partial charge in [0, 0.05) is 29.1 Å². The summed E-state index contributed by atoms with van der Waals surface area (Å²) < 4.78 is 5.53. The maximum absolute atomic E-state index is 13.2. The van der Waals surface area contributed by atoms with E-state index >= 15 is 0 Å². The lowest BCUT2D eigenvalue weighted by atomic mass is 9.92. The summed E-state index contributed by atoms with van der Waals surface area (Å²) in [7, 11) is 0. The number of aromatic nitrogens is 1. The molecular formula is C26H27ClN2O3. The molecule has 4 rings (SSSR count). The van der Waals surface area contributed by atoms with Crippen molar-refractivity contribution in [2.24, 2.45) is 11.8 Å². The van der Waals surface area contributed by atoms with Crippen LogP contribution in [-0.2, 0) is 9.53 Å². The van der Waals surface area contributed by atoms with Crippen LogP contribution >= 0.6 is 11.6 Å². The Kier molecular flexibility index (Phi) is 6.47. The minimum Gasteiger partial charge on any atom is -0.452 e. The lowest BCUT2D eigenvalue weighted by molar-refractivity contribution is -0.137. The van der Waals surface area contributed by atoms with Gasteiger partial charge in [-0.15, -0.1) is 0 Å². The maximum atomic E-state index is 13.2. The van der Waals surface area contributed by atoms with E-state index in [0.29, 0.717) is 57.7 Å². The van der Waals surface area contributed by atoms with Crippen LogP contribution in [0, 0.1) is 18.8 Å². The fraction of sp³-hybridized carbons (Fsp3) is 0.346. The Hall–Kier alpha value is -2.92. The van der Waals surface area contributed by atoms with E-state index in [1.54, 1.807) is 11.0 Å². The quantitative estimate of drug-likeness (QED) is 0.490. The SMILES string of the molecule is Cc1c(-c2cccc(Cl)c2)nc2ccccc2c1C(=O)OCC(=O)N1CC(C)CC(C)C1. The number of ether oxygens (including phenoxy) is 1. The van der Waals surface area contributed by atoms with Gasteiger partial charge in [0.1, 0.15) is 0 Å². The highest BCUT2D eigenvalue weighted by Crippen LogP contribution is 2.31. The Labute approximate surface area is 193 Å². The van der Waals surface area contributed by atoms with E-state index < -0.39 is 5.97 Å². The number of carbonyl (C=O) groups excluding carboxylic acids is 2. The molecule has 2 unspecified atom stereocenters. The van der Waals surface area contributed by atoms with Crippen LogP contribution in [0.15, 0.2) is 48.5 Å². The second kappa shape index (κ2) is 9.29. The summed E-state index contributed by atoms with van der Waals surface area (Å²) in [6, 6.07) is 14.8. The van der Waals surface area contributed by atoms with E-state index in [-0.39, 0.29) is 12.5 Å². The number of halogens is 1. The third-order valence-electron chi connectivity index (χ3n) is 5.99. The average Bonchev–Trinajstić information content (AvgIpc) is 2.76.